The molecular weight excluding hydrogens is 307 g/mol. The lowest BCUT2D eigenvalue weighted by atomic mass is 10.2. The van der Waals surface area contributed by atoms with Crippen LogP contribution in [-0.4, -0.2) is 15.9 Å². The number of nitrogens with zero attached hydrogens (tertiary/aromatic N) is 2. The summed E-state index contributed by atoms with van der Waals surface area (Å²) < 4.78 is 13.6. The number of anilines is 3. The Hall–Kier alpha value is -3.28. The zero-order valence-corrected chi connectivity index (χ0v) is 13.0. The lowest BCUT2D eigenvalue weighted by Gasteiger charge is -2.08. The van der Waals surface area contributed by atoms with Crippen molar-refractivity contribution >= 4 is 23.2 Å². The quantitative estimate of drug-likeness (QED) is 0.764. The summed E-state index contributed by atoms with van der Waals surface area (Å²) in [6, 6.07) is 15.1. The Balaban J connectivity index is 1.76. The average molecular weight is 322 g/mol. The highest BCUT2D eigenvalue weighted by molar-refractivity contribution is 6.03. The van der Waals surface area contributed by atoms with E-state index in [-0.39, 0.29) is 11.4 Å². The van der Waals surface area contributed by atoms with E-state index in [1.807, 2.05) is 31.2 Å². The van der Waals surface area contributed by atoms with Crippen LogP contribution >= 0.6 is 0 Å². The molecule has 0 atom stereocenters. The Labute approximate surface area is 138 Å². The summed E-state index contributed by atoms with van der Waals surface area (Å²) in [4.78, 5) is 20.5. The van der Waals surface area contributed by atoms with Gasteiger partial charge in [0.25, 0.3) is 5.91 Å². The summed E-state index contributed by atoms with van der Waals surface area (Å²) in [5.74, 6) is -0.715. The summed E-state index contributed by atoms with van der Waals surface area (Å²) in [5, 5.41) is 5.52. The normalized spacial score (nSPS) is 10.2. The minimum absolute atomic E-state index is 0.106. The van der Waals surface area contributed by atoms with Crippen molar-refractivity contribution < 1.29 is 9.18 Å². The van der Waals surface area contributed by atoms with E-state index in [2.05, 4.69) is 20.6 Å². The molecule has 5 nitrogen and oxygen atoms in total. The van der Waals surface area contributed by atoms with Gasteiger partial charge in [0.1, 0.15) is 11.5 Å². The van der Waals surface area contributed by atoms with Gasteiger partial charge in [-0.15, -0.1) is 0 Å². The van der Waals surface area contributed by atoms with Crippen molar-refractivity contribution in [1.29, 1.82) is 0 Å². The molecular formula is C18H15FN4O. The molecule has 0 aliphatic carbocycles. The van der Waals surface area contributed by atoms with Crippen molar-refractivity contribution in [3.63, 3.8) is 0 Å². The topological polar surface area (TPSA) is 66.9 Å². The minimum Gasteiger partial charge on any atom is -0.324 e. The zero-order chi connectivity index (χ0) is 16.9. The number of carbonyl (C=O) groups excluding carboxylic acids is 1. The fraction of sp³-hybridized carbons (Fsp3) is 0.0556. The summed E-state index contributed by atoms with van der Waals surface area (Å²) >= 11 is 0. The number of para-hydroxylation sites is 1. The van der Waals surface area contributed by atoms with Crippen molar-refractivity contribution in [2.45, 2.75) is 6.92 Å². The van der Waals surface area contributed by atoms with Crippen LogP contribution in [0.15, 0.2) is 60.8 Å². The molecule has 0 bridgehead atoms. The van der Waals surface area contributed by atoms with Crippen molar-refractivity contribution in [2.24, 2.45) is 0 Å². The number of benzene rings is 2. The highest BCUT2D eigenvalue weighted by Crippen LogP contribution is 2.16. The molecule has 120 valence electrons. The van der Waals surface area contributed by atoms with Crippen LogP contribution in [0.25, 0.3) is 0 Å². The van der Waals surface area contributed by atoms with Gasteiger partial charge < -0.3 is 10.6 Å². The molecule has 6 heteroatoms. The fourth-order valence-corrected chi connectivity index (χ4v) is 2.06. The first-order valence-electron chi connectivity index (χ1n) is 7.34. The number of halogens is 1. The molecule has 0 unspecified atom stereocenters. The Morgan fingerprint density at radius 2 is 1.79 bits per heavy atom. The molecule has 0 saturated heterocycles. The number of amides is 1. The van der Waals surface area contributed by atoms with Crippen LogP contribution in [-0.2, 0) is 0 Å². The largest absolute Gasteiger partial charge is 0.324 e. The first-order valence-corrected chi connectivity index (χ1v) is 7.34. The summed E-state index contributed by atoms with van der Waals surface area (Å²) in [6.45, 7) is 1.99. The average Bonchev–Trinajstić information content (AvgIpc) is 2.59. The lowest BCUT2D eigenvalue weighted by Crippen LogP contribution is -2.15. The zero-order valence-electron chi connectivity index (χ0n) is 13.0. The van der Waals surface area contributed by atoms with E-state index in [0.717, 1.165) is 11.3 Å². The molecule has 3 aromatic rings. The number of hydrogen-bond acceptors (Lipinski definition) is 4. The summed E-state index contributed by atoms with van der Waals surface area (Å²) in [5.41, 5.74) is 2.20. The smallest absolute Gasteiger partial charge is 0.274 e. The van der Waals surface area contributed by atoms with Crippen LogP contribution in [0.3, 0.4) is 0 Å². The second kappa shape index (κ2) is 6.87. The van der Waals surface area contributed by atoms with Gasteiger partial charge in [0.05, 0.1) is 5.69 Å². The van der Waals surface area contributed by atoms with E-state index in [1.54, 1.807) is 12.1 Å². The van der Waals surface area contributed by atoms with Crippen molar-refractivity contribution in [3.8, 4) is 0 Å². The van der Waals surface area contributed by atoms with Gasteiger partial charge in [-0.25, -0.2) is 14.4 Å². The van der Waals surface area contributed by atoms with E-state index in [1.165, 1.54) is 24.4 Å². The SMILES string of the molecule is Cc1ccc(Nc2nccc(C(=O)Nc3ccccc3F)n2)cc1. The maximum atomic E-state index is 13.6. The number of nitrogens with one attached hydrogen (secondary N) is 2. The monoisotopic (exact) mass is 322 g/mol. The van der Waals surface area contributed by atoms with E-state index in [0.29, 0.717) is 5.95 Å². The predicted octanol–water partition coefficient (Wildman–Crippen LogP) is 3.92. The number of rotatable bonds is 4. The second-order valence-electron chi connectivity index (χ2n) is 5.19. The van der Waals surface area contributed by atoms with Crippen LogP contribution in [0.2, 0.25) is 0 Å². The molecule has 0 spiro atoms. The minimum atomic E-state index is -0.505. The van der Waals surface area contributed by atoms with Crippen molar-refractivity contribution in [1.82, 2.24) is 9.97 Å². The molecule has 2 N–H and O–H groups in total. The van der Waals surface area contributed by atoms with Gasteiger partial charge in [0, 0.05) is 11.9 Å². The first kappa shape index (κ1) is 15.6. The van der Waals surface area contributed by atoms with Gasteiger partial charge in [-0.3, -0.25) is 4.79 Å². The molecule has 1 heterocycles. The molecule has 0 saturated carbocycles. The third kappa shape index (κ3) is 3.73. The molecule has 0 radical (unpaired) electrons. The Morgan fingerprint density at radius 1 is 1.04 bits per heavy atom. The molecule has 0 fully saturated rings. The Bertz CT molecular complexity index is 865. The number of aryl methyl sites for hydroxylation is 1. The fourth-order valence-electron chi connectivity index (χ4n) is 2.06. The van der Waals surface area contributed by atoms with Gasteiger partial charge in [0.2, 0.25) is 5.95 Å². The van der Waals surface area contributed by atoms with Gasteiger partial charge in [-0.1, -0.05) is 29.8 Å². The second-order valence-corrected chi connectivity index (χ2v) is 5.19. The van der Waals surface area contributed by atoms with Crippen LogP contribution < -0.4 is 10.6 Å². The number of aromatic nitrogens is 2. The van der Waals surface area contributed by atoms with E-state index >= 15 is 0 Å². The van der Waals surface area contributed by atoms with Crippen LogP contribution in [0.1, 0.15) is 16.1 Å². The lowest BCUT2D eigenvalue weighted by molar-refractivity contribution is 0.102. The van der Waals surface area contributed by atoms with E-state index < -0.39 is 11.7 Å². The first-order chi connectivity index (χ1) is 11.6. The van der Waals surface area contributed by atoms with Crippen molar-refractivity contribution in [2.75, 3.05) is 10.6 Å². The molecule has 0 aliphatic rings. The third-order valence-electron chi connectivity index (χ3n) is 3.32. The van der Waals surface area contributed by atoms with Gasteiger partial charge in [-0.05, 0) is 37.3 Å². The molecule has 1 aromatic heterocycles. The highest BCUT2D eigenvalue weighted by atomic mass is 19.1. The molecule has 0 aliphatic heterocycles. The van der Waals surface area contributed by atoms with Gasteiger partial charge >= 0.3 is 0 Å². The van der Waals surface area contributed by atoms with Gasteiger partial charge in [0.15, 0.2) is 0 Å². The van der Waals surface area contributed by atoms with Crippen molar-refractivity contribution in [3.05, 3.63) is 77.9 Å². The standard InChI is InChI=1S/C18H15FN4O/c1-12-6-8-13(9-7-12)21-18-20-11-10-16(23-18)17(24)22-15-5-3-2-4-14(15)19/h2-11H,1H3,(H,22,24)(H,20,21,23). The third-order valence-corrected chi connectivity index (χ3v) is 3.32. The molecule has 24 heavy (non-hydrogen) atoms. The van der Waals surface area contributed by atoms with Crippen LogP contribution in [0.4, 0.5) is 21.7 Å². The molecule has 2 aromatic carbocycles. The van der Waals surface area contributed by atoms with Crippen LogP contribution in [0, 0.1) is 12.7 Å². The Morgan fingerprint density at radius 3 is 2.54 bits per heavy atom. The van der Waals surface area contributed by atoms with E-state index in [9.17, 15) is 9.18 Å². The maximum Gasteiger partial charge on any atom is 0.274 e. The number of carbonyl (C=O) groups is 1. The molecule has 1 amide bonds. The Kier molecular flexibility index (Phi) is 4.47. The molecule has 3 rings (SSSR count). The highest BCUT2D eigenvalue weighted by Gasteiger charge is 2.11. The van der Waals surface area contributed by atoms with E-state index in [4.69, 9.17) is 0 Å². The number of hydrogen-bond donors (Lipinski definition) is 2. The van der Waals surface area contributed by atoms with Crippen LogP contribution in [0.5, 0.6) is 0 Å². The maximum absolute atomic E-state index is 13.6. The summed E-state index contributed by atoms with van der Waals surface area (Å²) in [6.07, 6.45) is 1.47. The van der Waals surface area contributed by atoms with Gasteiger partial charge in [-0.2, -0.15) is 0 Å². The predicted molar refractivity (Wildman–Crippen MR) is 90.8 cm³/mol. The summed E-state index contributed by atoms with van der Waals surface area (Å²) in [7, 11) is 0.